The zero-order valence-corrected chi connectivity index (χ0v) is 9.15. The summed E-state index contributed by atoms with van der Waals surface area (Å²) in [5.41, 5.74) is 0. The number of nitrogens with one attached hydrogen (secondary N) is 1. The van der Waals surface area contributed by atoms with Crippen molar-refractivity contribution in [3.8, 4) is 0 Å². The van der Waals surface area contributed by atoms with Crippen molar-refractivity contribution in [2.75, 3.05) is 6.61 Å². The fraction of sp³-hybridized carbons (Fsp3) is 0.818. The number of rotatable bonds is 3. The van der Waals surface area contributed by atoms with Gasteiger partial charge in [0.2, 0.25) is 5.91 Å². The van der Waals surface area contributed by atoms with E-state index in [1.807, 2.05) is 0 Å². The van der Waals surface area contributed by atoms with Gasteiger partial charge in [-0.25, -0.2) is 0 Å². The molecule has 1 saturated carbocycles. The SMILES string of the molecule is O=C(O)C1CC(NC(=O)C2CCCCO2)C1. The van der Waals surface area contributed by atoms with Crippen LogP contribution >= 0.6 is 0 Å². The maximum absolute atomic E-state index is 11.7. The normalized spacial score (nSPS) is 33.9. The molecule has 2 rings (SSSR count). The Labute approximate surface area is 94.2 Å². The molecule has 1 unspecified atom stereocenters. The van der Waals surface area contributed by atoms with E-state index in [-0.39, 0.29) is 24.0 Å². The van der Waals surface area contributed by atoms with Crippen LogP contribution in [-0.2, 0) is 14.3 Å². The summed E-state index contributed by atoms with van der Waals surface area (Å²) in [4.78, 5) is 22.3. The Morgan fingerprint density at radius 2 is 2.00 bits per heavy atom. The fourth-order valence-corrected chi connectivity index (χ4v) is 2.18. The average molecular weight is 227 g/mol. The number of carboxylic acids is 1. The number of amides is 1. The van der Waals surface area contributed by atoms with Crippen LogP contribution in [0.1, 0.15) is 32.1 Å². The number of carbonyl (C=O) groups is 2. The first-order valence-corrected chi connectivity index (χ1v) is 5.81. The van der Waals surface area contributed by atoms with Crippen molar-refractivity contribution in [1.29, 1.82) is 0 Å². The lowest BCUT2D eigenvalue weighted by atomic mass is 9.80. The monoisotopic (exact) mass is 227 g/mol. The van der Waals surface area contributed by atoms with Crippen LogP contribution in [0.25, 0.3) is 0 Å². The number of hydrogen-bond acceptors (Lipinski definition) is 3. The summed E-state index contributed by atoms with van der Waals surface area (Å²) in [5, 5.41) is 11.5. The molecule has 0 spiro atoms. The van der Waals surface area contributed by atoms with Crippen molar-refractivity contribution in [1.82, 2.24) is 5.32 Å². The summed E-state index contributed by atoms with van der Waals surface area (Å²) in [6, 6.07) is 0.0270. The number of aliphatic carboxylic acids is 1. The van der Waals surface area contributed by atoms with Crippen LogP contribution in [0.2, 0.25) is 0 Å². The molecule has 5 heteroatoms. The molecular weight excluding hydrogens is 210 g/mol. The van der Waals surface area contributed by atoms with E-state index in [1.165, 1.54) is 0 Å². The van der Waals surface area contributed by atoms with E-state index in [1.54, 1.807) is 0 Å². The average Bonchev–Trinajstić information content (AvgIpc) is 2.23. The van der Waals surface area contributed by atoms with E-state index in [9.17, 15) is 9.59 Å². The molecule has 1 atom stereocenters. The Bertz CT molecular complexity index is 280. The number of carbonyl (C=O) groups excluding carboxylic acids is 1. The third-order valence-corrected chi connectivity index (χ3v) is 3.31. The Balaban J connectivity index is 1.70. The highest BCUT2D eigenvalue weighted by molar-refractivity contribution is 5.81. The predicted octanol–water partition coefficient (Wildman–Crippen LogP) is 0.535. The van der Waals surface area contributed by atoms with E-state index in [0.717, 1.165) is 19.3 Å². The molecule has 1 saturated heterocycles. The smallest absolute Gasteiger partial charge is 0.306 e. The van der Waals surface area contributed by atoms with Gasteiger partial charge < -0.3 is 15.2 Å². The van der Waals surface area contributed by atoms with Gasteiger partial charge in [-0.2, -0.15) is 0 Å². The minimum Gasteiger partial charge on any atom is -0.481 e. The van der Waals surface area contributed by atoms with Crippen LogP contribution in [0, 0.1) is 5.92 Å². The predicted molar refractivity (Wildman–Crippen MR) is 55.9 cm³/mol. The van der Waals surface area contributed by atoms with Gasteiger partial charge in [0.1, 0.15) is 6.10 Å². The molecule has 2 fully saturated rings. The molecule has 0 aromatic heterocycles. The summed E-state index contributed by atoms with van der Waals surface area (Å²) >= 11 is 0. The Kier molecular flexibility index (Phi) is 3.43. The summed E-state index contributed by atoms with van der Waals surface area (Å²) in [5.74, 6) is -1.12. The zero-order chi connectivity index (χ0) is 11.5. The third-order valence-electron chi connectivity index (χ3n) is 3.31. The molecular formula is C11H17NO4. The van der Waals surface area contributed by atoms with Crippen molar-refractivity contribution >= 4 is 11.9 Å². The van der Waals surface area contributed by atoms with Crippen LogP contribution in [0.15, 0.2) is 0 Å². The van der Waals surface area contributed by atoms with Gasteiger partial charge in [-0.3, -0.25) is 9.59 Å². The van der Waals surface area contributed by atoms with Crippen molar-refractivity contribution in [3.63, 3.8) is 0 Å². The van der Waals surface area contributed by atoms with Gasteiger partial charge in [-0.05, 0) is 32.1 Å². The van der Waals surface area contributed by atoms with Crippen LogP contribution in [0.5, 0.6) is 0 Å². The van der Waals surface area contributed by atoms with Gasteiger partial charge in [0, 0.05) is 12.6 Å². The van der Waals surface area contributed by atoms with Crippen molar-refractivity contribution in [2.45, 2.75) is 44.2 Å². The highest BCUT2D eigenvalue weighted by atomic mass is 16.5. The van der Waals surface area contributed by atoms with E-state index < -0.39 is 5.97 Å². The fourth-order valence-electron chi connectivity index (χ4n) is 2.18. The van der Waals surface area contributed by atoms with Crippen molar-refractivity contribution < 1.29 is 19.4 Å². The van der Waals surface area contributed by atoms with Gasteiger partial charge >= 0.3 is 5.97 Å². The second-order valence-electron chi connectivity index (χ2n) is 4.57. The molecule has 2 N–H and O–H groups in total. The first kappa shape index (κ1) is 11.4. The van der Waals surface area contributed by atoms with Gasteiger partial charge in [-0.15, -0.1) is 0 Å². The molecule has 2 aliphatic rings. The molecule has 16 heavy (non-hydrogen) atoms. The van der Waals surface area contributed by atoms with E-state index in [4.69, 9.17) is 9.84 Å². The summed E-state index contributed by atoms with van der Waals surface area (Å²) in [6.07, 6.45) is 3.61. The molecule has 90 valence electrons. The third kappa shape index (κ3) is 2.52. The van der Waals surface area contributed by atoms with E-state index >= 15 is 0 Å². The first-order chi connectivity index (χ1) is 7.66. The minimum atomic E-state index is -0.764. The van der Waals surface area contributed by atoms with Crippen molar-refractivity contribution in [3.05, 3.63) is 0 Å². The van der Waals surface area contributed by atoms with Gasteiger partial charge in [-0.1, -0.05) is 0 Å². The second-order valence-corrected chi connectivity index (χ2v) is 4.57. The quantitative estimate of drug-likeness (QED) is 0.737. The molecule has 1 heterocycles. The lowest BCUT2D eigenvalue weighted by Crippen LogP contribution is -2.50. The van der Waals surface area contributed by atoms with Gasteiger partial charge in [0.05, 0.1) is 5.92 Å². The van der Waals surface area contributed by atoms with Crippen LogP contribution in [0.3, 0.4) is 0 Å². The zero-order valence-electron chi connectivity index (χ0n) is 9.15. The second kappa shape index (κ2) is 4.82. The maximum Gasteiger partial charge on any atom is 0.306 e. The molecule has 0 aromatic carbocycles. The Morgan fingerprint density at radius 1 is 1.25 bits per heavy atom. The topological polar surface area (TPSA) is 75.6 Å². The van der Waals surface area contributed by atoms with Crippen LogP contribution in [-0.4, -0.2) is 35.7 Å². The Morgan fingerprint density at radius 3 is 2.56 bits per heavy atom. The largest absolute Gasteiger partial charge is 0.481 e. The molecule has 0 bridgehead atoms. The number of ether oxygens (including phenoxy) is 1. The Hall–Kier alpha value is -1.10. The molecule has 1 amide bonds. The van der Waals surface area contributed by atoms with Crippen LogP contribution in [0.4, 0.5) is 0 Å². The standard InChI is InChI=1S/C11H17NO4/c13-10(9-3-1-2-4-16-9)12-8-5-7(6-8)11(14)15/h7-9H,1-6H2,(H,12,13)(H,14,15). The van der Waals surface area contributed by atoms with Gasteiger partial charge in [0.15, 0.2) is 0 Å². The summed E-state index contributed by atoms with van der Waals surface area (Å²) < 4.78 is 5.36. The molecule has 0 aromatic rings. The number of carboxylic acid groups (broad SMARTS) is 1. The highest BCUT2D eigenvalue weighted by Gasteiger charge is 2.36. The lowest BCUT2D eigenvalue weighted by Gasteiger charge is -2.34. The molecule has 0 radical (unpaired) electrons. The van der Waals surface area contributed by atoms with Crippen LogP contribution < -0.4 is 5.32 Å². The highest BCUT2D eigenvalue weighted by Crippen LogP contribution is 2.27. The van der Waals surface area contributed by atoms with Gasteiger partial charge in [0.25, 0.3) is 0 Å². The van der Waals surface area contributed by atoms with Crippen molar-refractivity contribution in [2.24, 2.45) is 5.92 Å². The molecule has 1 aliphatic carbocycles. The molecule has 1 aliphatic heterocycles. The van der Waals surface area contributed by atoms with E-state index in [2.05, 4.69) is 5.32 Å². The minimum absolute atomic E-state index is 0.0270. The molecule has 5 nitrogen and oxygen atoms in total. The van der Waals surface area contributed by atoms with E-state index in [0.29, 0.717) is 19.4 Å². The number of hydrogen-bond donors (Lipinski definition) is 2. The summed E-state index contributed by atoms with van der Waals surface area (Å²) in [7, 11) is 0. The summed E-state index contributed by atoms with van der Waals surface area (Å²) in [6.45, 7) is 0.653. The first-order valence-electron chi connectivity index (χ1n) is 5.81. The lowest BCUT2D eigenvalue weighted by molar-refractivity contribution is -0.147. The maximum atomic E-state index is 11.7.